The molecule has 2 aliphatic heterocycles. The van der Waals surface area contributed by atoms with Crippen LogP contribution in [0.3, 0.4) is 0 Å². The van der Waals surface area contributed by atoms with Crippen LogP contribution in [0.15, 0.2) is 64.6 Å². The Morgan fingerprint density at radius 3 is 2.53 bits per heavy atom. The van der Waals surface area contributed by atoms with Crippen LogP contribution in [0.1, 0.15) is 32.8 Å². The normalized spacial score (nSPS) is 18.5. The zero-order chi connectivity index (χ0) is 21.3. The van der Waals surface area contributed by atoms with Crippen molar-refractivity contribution >= 4 is 46.0 Å². The molecule has 4 rings (SSSR count). The minimum Gasteiger partial charge on any atom is -0.325 e. The van der Waals surface area contributed by atoms with Crippen LogP contribution in [0.5, 0.6) is 0 Å². The number of aliphatic imine (C=N–C) groups is 2. The Balaban J connectivity index is 1.64. The molecule has 2 atom stereocenters. The first-order valence-electron chi connectivity index (χ1n) is 10.1. The van der Waals surface area contributed by atoms with Gasteiger partial charge in [-0.25, -0.2) is 9.89 Å². The van der Waals surface area contributed by atoms with Crippen molar-refractivity contribution in [1.82, 2.24) is 4.90 Å². The number of carbonyl (C=O) groups is 2. The number of rotatable bonds is 5. The molecule has 2 heterocycles. The van der Waals surface area contributed by atoms with E-state index in [-0.39, 0.29) is 23.0 Å². The molecular weight excluding hydrogens is 396 g/mol. The van der Waals surface area contributed by atoms with Gasteiger partial charge in [-0.15, -0.1) is 0 Å². The maximum Gasteiger partial charge on any atom is 0.259 e. The Morgan fingerprint density at radius 2 is 1.83 bits per heavy atom. The fraction of sp³-hybridized carbons (Fsp3) is 0.304. The molecule has 7 heteroatoms. The maximum absolute atomic E-state index is 13.1. The number of nitrogens with one attached hydrogen (secondary N) is 1. The van der Waals surface area contributed by atoms with E-state index in [9.17, 15) is 9.59 Å². The van der Waals surface area contributed by atoms with Gasteiger partial charge in [0.2, 0.25) is 5.91 Å². The number of para-hydroxylation sites is 2. The highest BCUT2D eigenvalue weighted by atomic mass is 32.2. The third-order valence-corrected chi connectivity index (χ3v) is 6.40. The lowest BCUT2D eigenvalue weighted by atomic mass is 10.1. The number of thioether (sulfide) groups is 1. The molecule has 154 valence electrons. The summed E-state index contributed by atoms with van der Waals surface area (Å²) in [5, 5.41) is 3.07. The topological polar surface area (TPSA) is 74.1 Å². The first-order valence-corrected chi connectivity index (χ1v) is 11.0. The second kappa shape index (κ2) is 8.44. The van der Waals surface area contributed by atoms with Gasteiger partial charge in [0.1, 0.15) is 11.9 Å². The van der Waals surface area contributed by atoms with Gasteiger partial charge in [0.15, 0.2) is 5.17 Å². The zero-order valence-electron chi connectivity index (χ0n) is 17.2. The molecule has 2 aromatic carbocycles. The quantitative estimate of drug-likeness (QED) is 0.776. The summed E-state index contributed by atoms with van der Waals surface area (Å²) in [6.07, 6.45) is 0.603. The molecule has 0 saturated carbocycles. The summed E-state index contributed by atoms with van der Waals surface area (Å²) in [6.45, 7) is 5.93. The second-order valence-corrected chi connectivity index (χ2v) is 8.77. The molecule has 2 amide bonds. The molecule has 0 fully saturated rings. The van der Waals surface area contributed by atoms with E-state index in [4.69, 9.17) is 9.98 Å². The lowest BCUT2D eigenvalue weighted by molar-refractivity contribution is -0.125. The molecule has 0 bridgehead atoms. The summed E-state index contributed by atoms with van der Waals surface area (Å²) in [6, 6.07) is 16.6. The lowest BCUT2D eigenvalue weighted by Gasteiger charge is -2.27. The van der Waals surface area contributed by atoms with Gasteiger partial charge in [-0.2, -0.15) is 0 Å². The Kier molecular flexibility index (Phi) is 5.72. The predicted octanol–water partition coefficient (Wildman–Crippen LogP) is 4.45. The summed E-state index contributed by atoms with van der Waals surface area (Å²) in [5.74, 6) is 0.516. The smallest absolute Gasteiger partial charge is 0.259 e. The Labute approximate surface area is 180 Å². The predicted molar refractivity (Wildman–Crippen MR) is 122 cm³/mol. The van der Waals surface area contributed by atoms with Gasteiger partial charge < -0.3 is 5.32 Å². The van der Waals surface area contributed by atoms with Crippen molar-refractivity contribution in [3.63, 3.8) is 0 Å². The Morgan fingerprint density at radius 1 is 1.13 bits per heavy atom. The SMILES string of the molecule is CC[C@@H](SC1=Nc2ccccc2C2=N[C@H](C(C)C)C(=O)N12)C(=O)Nc1ccccc1. The van der Waals surface area contributed by atoms with Gasteiger partial charge >= 0.3 is 0 Å². The molecule has 1 N–H and O–H groups in total. The number of nitrogens with zero attached hydrogens (tertiary/aromatic N) is 3. The third-order valence-electron chi connectivity index (χ3n) is 5.08. The highest BCUT2D eigenvalue weighted by molar-refractivity contribution is 8.15. The summed E-state index contributed by atoms with van der Waals surface area (Å²) < 4.78 is 0. The number of hydrogen-bond acceptors (Lipinski definition) is 5. The van der Waals surface area contributed by atoms with Crippen LogP contribution in [-0.2, 0) is 9.59 Å². The highest BCUT2D eigenvalue weighted by Gasteiger charge is 2.43. The highest BCUT2D eigenvalue weighted by Crippen LogP contribution is 2.36. The molecule has 0 unspecified atom stereocenters. The summed E-state index contributed by atoms with van der Waals surface area (Å²) in [5.41, 5.74) is 2.36. The summed E-state index contributed by atoms with van der Waals surface area (Å²) in [4.78, 5) is 37.1. The molecule has 0 saturated heterocycles. The van der Waals surface area contributed by atoms with E-state index < -0.39 is 6.04 Å². The van der Waals surface area contributed by atoms with Crippen molar-refractivity contribution in [2.24, 2.45) is 15.9 Å². The van der Waals surface area contributed by atoms with Crippen LogP contribution in [0.4, 0.5) is 11.4 Å². The van der Waals surface area contributed by atoms with E-state index >= 15 is 0 Å². The maximum atomic E-state index is 13.1. The molecule has 0 spiro atoms. The van der Waals surface area contributed by atoms with Crippen LogP contribution < -0.4 is 5.32 Å². The average Bonchev–Trinajstić information content (AvgIpc) is 3.10. The van der Waals surface area contributed by atoms with Gasteiger partial charge in [-0.1, -0.05) is 62.9 Å². The van der Waals surface area contributed by atoms with Crippen LogP contribution in [0, 0.1) is 5.92 Å². The van der Waals surface area contributed by atoms with Crippen molar-refractivity contribution in [1.29, 1.82) is 0 Å². The first kappa shape index (κ1) is 20.3. The van der Waals surface area contributed by atoms with Crippen molar-refractivity contribution in [2.45, 2.75) is 38.5 Å². The van der Waals surface area contributed by atoms with Gasteiger partial charge in [0.25, 0.3) is 5.91 Å². The van der Waals surface area contributed by atoms with Crippen molar-refractivity contribution in [3.05, 3.63) is 60.2 Å². The number of benzene rings is 2. The molecule has 0 aromatic heterocycles. The lowest BCUT2D eigenvalue weighted by Crippen LogP contribution is -2.43. The number of amidine groups is 2. The minimum absolute atomic E-state index is 0.0809. The van der Waals surface area contributed by atoms with Crippen molar-refractivity contribution in [3.8, 4) is 0 Å². The van der Waals surface area contributed by atoms with Crippen LogP contribution in [0.2, 0.25) is 0 Å². The van der Waals surface area contributed by atoms with Crippen molar-refractivity contribution in [2.75, 3.05) is 5.32 Å². The van der Waals surface area contributed by atoms with Crippen LogP contribution >= 0.6 is 11.8 Å². The number of fused-ring (bicyclic) bond motifs is 3. The van der Waals surface area contributed by atoms with E-state index in [0.717, 1.165) is 16.9 Å². The molecular formula is C23H24N4O2S. The largest absolute Gasteiger partial charge is 0.325 e. The van der Waals surface area contributed by atoms with Crippen LogP contribution in [-0.4, -0.2) is 39.0 Å². The van der Waals surface area contributed by atoms with E-state index in [0.29, 0.717) is 17.4 Å². The Bertz CT molecular complexity index is 1030. The molecule has 30 heavy (non-hydrogen) atoms. The number of carbonyl (C=O) groups excluding carboxylic acids is 2. The molecule has 6 nitrogen and oxygen atoms in total. The third kappa shape index (κ3) is 3.77. The second-order valence-electron chi connectivity index (χ2n) is 7.60. The monoisotopic (exact) mass is 420 g/mol. The number of anilines is 1. The Hall–Kier alpha value is -2.93. The van der Waals surface area contributed by atoms with Gasteiger partial charge in [-0.05, 0) is 36.6 Å². The fourth-order valence-electron chi connectivity index (χ4n) is 3.48. The van der Waals surface area contributed by atoms with Crippen LogP contribution in [0.25, 0.3) is 0 Å². The van der Waals surface area contributed by atoms with E-state index in [2.05, 4.69) is 5.32 Å². The molecule has 0 aliphatic carbocycles. The summed E-state index contributed by atoms with van der Waals surface area (Å²) in [7, 11) is 0. The number of amides is 2. The van der Waals surface area contributed by atoms with E-state index in [1.807, 2.05) is 75.4 Å². The van der Waals surface area contributed by atoms with Gasteiger partial charge in [-0.3, -0.25) is 14.6 Å². The van der Waals surface area contributed by atoms with Gasteiger partial charge in [0, 0.05) is 11.3 Å². The average molecular weight is 421 g/mol. The van der Waals surface area contributed by atoms with Gasteiger partial charge in [0.05, 0.1) is 10.9 Å². The van der Waals surface area contributed by atoms with E-state index in [1.165, 1.54) is 11.8 Å². The number of hydrogen-bond donors (Lipinski definition) is 1. The molecule has 2 aliphatic rings. The van der Waals surface area contributed by atoms with E-state index in [1.54, 1.807) is 4.90 Å². The molecule has 2 aromatic rings. The minimum atomic E-state index is -0.435. The first-order chi connectivity index (χ1) is 14.5. The standard InChI is InChI=1S/C23H24N4O2S/c1-4-18(21(28)24-15-10-6-5-7-11-15)30-23-25-17-13-9-8-12-16(17)20-26-19(14(2)3)22(29)27(20)23/h5-14,18-19H,4H2,1-3H3,(H,24,28)/t18-,19-/m1/s1. The fourth-order valence-corrected chi connectivity index (χ4v) is 4.50. The summed E-state index contributed by atoms with van der Waals surface area (Å²) >= 11 is 1.31. The van der Waals surface area contributed by atoms with Crippen molar-refractivity contribution < 1.29 is 9.59 Å². The zero-order valence-corrected chi connectivity index (χ0v) is 18.0. The molecule has 0 radical (unpaired) electrons.